The second-order valence-corrected chi connectivity index (χ2v) is 6.81. The molecule has 0 aromatic heterocycles. The van der Waals surface area contributed by atoms with E-state index in [0.29, 0.717) is 12.5 Å². The number of aliphatic hydroxyl groups excluding tert-OH is 1. The van der Waals surface area contributed by atoms with E-state index in [0.717, 1.165) is 31.6 Å². The van der Waals surface area contributed by atoms with Crippen molar-refractivity contribution in [2.75, 3.05) is 36.9 Å². The third-order valence-electron chi connectivity index (χ3n) is 4.79. The number of amides is 2. The molecule has 0 spiro atoms. The number of urea groups is 1. The highest BCUT2D eigenvalue weighted by Crippen LogP contribution is 2.32. The summed E-state index contributed by atoms with van der Waals surface area (Å²) in [5, 5.41) is 12.9. The first kappa shape index (κ1) is 16.1. The van der Waals surface area contributed by atoms with Gasteiger partial charge in [0, 0.05) is 38.1 Å². The molecule has 1 saturated heterocycles. The lowest BCUT2D eigenvalue weighted by molar-refractivity contribution is 0.117. The minimum atomic E-state index is -0.398. The van der Waals surface area contributed by atoms with E-state index in [1.54, 1.807) is 11.9 Å². The van der Waals surface area contributed by atoms with E-state index in [1.165, 1.54) is 24.9 Å². The maximum absolute atomic E-state index is 12.3. The summed E-state index contributed by atoms with van der Waals surface area (Å²) in [6.07, 6.45) is 5.53. The van der Waals surface area contributed by atoms with Crippen LogP contribution < -0.4 is 10.2 Å². The van der Waals surface area contributed by atoms with Crippen LogP contribution in [0.2, 0.25) is 0 Å². The lowest BCUT2D eigenvalue weighted by atomic mass is 10.1. The quantitative estimate of drug-likeness (QED) is 0.878. The van der Waals surface area contributed by atoms with Crippen molar-refractivity contribution in [2.45, 2.75) is 38.2 Å². The molecule has 1 heterocycles. The third kappa shape index (κ3) is 4.38. The number of carbonyl (C=O) groups excluding carboxylic acids is 1. The van der Waals surface area contributed by atoms with E-state index < -0.39 is 6.10 Å². The SMILES string of the molecule is CN(CC(O)C1CC1)C(=O)Nc1cccc(N2CCCCC2)c1. The number of hydrogen-bond acceptors (Lipinski definition) is 3. The first-order valence-electron chi connectivity index (χ1n) is 8.68. The van der Waals surface area contributed by atoms with Gasteiger partial charge in [0.15, 0.2) is 0 Å². The molecular formula is C18H27N3O2. The molecule has 1 aliphatic carbocycles. The topological polar surface area (TPSA) is 55.8 Å². The van der Waals surface area contributed by atoms with Crippen LogP contribution in [0.3, 0.4) is 0 Å². The van der Waals surface area contributed by atoms with Crippen molar-refractivity contribution in [3.8, 4) is 0 Å². The van der Waals surface area contributed by atoms with Gasteiger partial charge in [-0.2, -0.15) is 0 Å². The van der Waals surface area contributed by atoms with Crippen LogP contribution in [0.4, 0.5) is 16.2 Å². The van der Waals surface area contributed by atoms with Gasteiger partial charge in [0.05, 0.1) is 6.10 Å². The van der Waals surface area contributed by atoms with E-state index in [2.05, 4.69) is 16.3 Å². The Bertz CT molecular complexity index is 539. The molecule has 2 aliphatic rings. The molecule has 1 unspecified atom stereocenters. The van der Waals surface area contributed by atoms with Crippen molar-refractivity contribution < 1.29 is 9.90 Å². The number of likely N-dealkylation sites (N-methyl/N-ethyl adjacent to an activating group) is 1. The fourth-order valence-electron chi connectivity index (χ4n) is 3.14. The van der Waals surface area contributed by atoms with Gasteiger partial charge in [-0.05, 0) is 56.2 Å². The van der Waals surface area contributed by atoms with Crippen molar-refractivity contribution >= 4 is 17.4 Å². The van der Waals surface area contributed by atoms with Gasteiger partial charge in [0.1, 0.15) is 0 Å². The number of rotatable bonds is 5. The highest BCUT2D eigenvalue weighted by Gasteiger charge is 2.31. The molecule has 2 amide bonds. The number of aliphatic hydroxyl groups is 1. The second kappa shape index (κ2) is 7.21. The lowest BCUT2D eigenvalue weighted by Crippen LogP contribution is -2.38. The van der Waals surface area contributed by atoms with Gasteiger partial charge in [0.2, 0.25) is 0 Å². The van der Waals surface area contributed by atoms with E-state index in [4.69, 9.17) is 0 Å². The van der Waals surface area contributed by atoms with Crippen LogP contribution in [0.15, 0.2) is 24.3 Å². The average molecular weight is 317 g/mol. The van der Waals surface area contributed by atoms with Crippen molar-refractivity contribution in [3.05, 3.63) is 24.3 Å². The normalized spacial score (nSPS) is 19.3. The second-order valence-electron chi connectivity index (χ2n) is 6.81. The summed E-state index contributed by atoms with van der Waals surface area (Å²) < 4.78 is 0. The van der Waals surface area contributed by atoms with Crippen LogP contribution in [-0.2, 0) is 0 Å². The zero-order valence-corrected chi connectivity index (χ0v) is 13.9. The zero-order chi connectivity index (χ0) is 16.2. The van der Waals surface area contributed by atoms with Gasteiger partial charge in [-0.3, -0.25) is 0 Å². The Hall–Kier alpha value is -1.75. The molecule has 5 nitrogen and oxygen atoms in total. The summed E-state index contributed by atoms with van der Waals surface area (Å²) in [6, 6.07) is 7.87. The number of carbonyl (C=O) groups is 1. The maximum Gasteiger partial charge on any atom is 0.321 e. The standard InChI is InChI=1S/C18H27N3O2/c1-20(13-17(22)14-8-9-14)18(23)19-15-6-5-7-16(12-15)21-10-3-2-4-11-21/h5-7,12,14,17,22H,2-4,8-11,13H2,1H3,(H,19,23). The molecule has 126 valence electrons. The number of benzene rings is 1. The molecule has 1 saturated carbocycles. The molecule has 0 bridgehead atoms. The molecular weight excluding hydrogens is 290 g/mol. The molecule has 1 aromatic carbocycles. The fraction of sp³-hybridized carbons (Fsp3) is 0.611. The summed E-state index contributed by atoms with van der Waals surface area (Å²) in [5.74, 6) is 0.382. The predicted octanol–water partition coefficient (Wildman–Crippen LogP) is 2.91. The minimum Gasteiger partial charge on any atom is -0.391 e. The average Bonchev–Trinajstić information content (AvgIpc) is 3.41. The third-order valence-corrected chi connectivity index (χ3v) is 4.79. The highest BCUT2D eigenvalue weighted by molar-refractivity contribution is 5.89. The van der Waals surface area contributed by atoms with Crippen molar-refractivity contribution in [3.63, 3.8) is 0 Å². The van der Waals surface area contributed by atoms with E-state index in [-0.39, 0.29) is 6.03 Å². The molecule has 1 aromatic rings. The van der Waals surface area contributed by atoms with Crippen LogP contribution >= 0.6 is 0 Å². The Balaban J connectivity index is 1.56. The molecule has 2 N–H and O–H groups in total. The fourth-order valence-corrected chi connectivity index (χ4v) is 3.14. The van der Waals surface area contributed by atoms with Crippen LogP contribution in [0.25, 0.3) is 0 Å². The number of nitrogens with one attached hydrogen (secondary N) is 1. The van der Waals surface area contributed by atoms with Crippen molar-refractivity contribution in [1.29, 1.82) is 0 Å². The number of piperidine rings is 1. The van der Waals surface area contributed by atoms with Crippen LogP contribution in [-0.4, -0.2) is 48.8 Å². The minimum absolute atomic E-state index is 0.166. The van der Waals surface area contributed by atoms with Gasteiger partial charge in [-0.1, -0.05) is 6.07 Å². The van der Waals surface area contributed by atoms with Crippen molar-refractivity contribution in [1.82, 2.24) is 4.90 Å². The summed E-state index contributed by atoms with van der Waals surface area (Å²) >= 11 is 0. The van der Waals surface area contributed by atoms with E-state index in [1.807, 2.05) is 18.2 Å². The lowest BCUT2D eigenvalue weighted by Gasteiger charge is -2.29. The molecule has 23 heavy (non-hydrogen) atoms. The van der Waals surface area contributed by atoms with Gasteiger partial charge < -0.3 is 20.2 Å². The molecule has 1 aliphatic heterocycles. The summed E-state index contributed by atoms with van der Waals surface area (Å²) in [6.45, 7) is 2.57. The zero-order valence-electron chi connectivity index (χ0n) is 13.9. The Labute approximate surface area is 138 Å². The number of nitrogens with zero attached hydrogens (tertiary/aromatic N) is 2. The van der Waals surface area contributed by atoms with E-state index in [9.17, 15) is 9.90 Å². The summed E-state index contributed by atoms with van der Waals surface area (Å²) in [7, 11) is 1.73. The van der Waals surface area contributed by atoms with E-state index >= 15 is 0 Å². The Morgan fingerprint density at radius 3 is 2.78 bits per heavy atom. The molecule has 0 radical (unpaired) electrons. The van der Waals surface area contributed by atoms with Gasteiger partial charge in [-0.15, -0.1) is 0 Å². The molecule has 1 atom stereocenters. The van der Waals surface area contributed by atoms with Crippen LogP contribution in [0, 0.1) is 5.92 Å². The van der Waals surface area contributed by atoms with Gasteiger partial charge in [-0.25, -0.2) is 4.79 Å². The monoisotopic (exact) mass is 317 g/mol. The number of anilines is 2. The van der Waals surface area contributed by atoms with Gasteiger partial charge in [0.25, 0.3) is 0 Å². The highest BCUT2D eigenvalue weighted by atomic mass is 16.3. The van der Waals surface area contributed by atoms with Crippen molar-refractivity contribution in [2.24, 2.45) is 5.92 Å². The summed E-state index contributed by atoms with van der Waals surface area (Å²) in [4.78, 5) is 16.2. The van der Waals surface area contributed by atoms with Gasteiger partial charge >= 0.3 is 6.03 Å². The Kier molecular flexibility index (Phi) is 5.06. The first-order valence-corrected chi connectivity index (χ1v) is 8.68. The predicted molar refractivity (Wildman–Crippen MR) is 92.9 cm³/mol. The summed E-state index contributed by atoms with van der Waals surface area (Å²) in [5.41, 5.74) is 1.98. The van der Waals surface area contributed by atoms with Crippen LogP contribution in [0.5, 0.6) is 0 Å². The molecule has 3 rings (SSSR count). The first-order chi connectivity index (χ1) is 11.1. The molecule has 5 heteroatoms. The maximum atomic E-state index is 12.3. The smallest absolute Gasteiger partial charge is 0.321 e. The largest absolute Gasteiger partial charge is 0.391 e. The number of hydrogen-bond donors (Lipinski definition) is 2. The Morgan fingerprint density at radius 2 is 2.09 bits per heavy atom. The molecule has 2 fully saturated rings. The Morgan fingerprint density at radius 1 is 1.35 bits per heavy atom. The van der Waals surface area contributed by atoms with Crippen LogP contribution in [0.1, 0.15) is 32.1 Å².